The monoisotopic (exact) mass is 278 g/mol. The SMILES string of the molecule is CCCN(/C=C1/C(=O)Nc2ccc(Cl)cc21)CCC. The van der Waals surface area contributed by atoms with Crippen LogP contribution in [0.25, 0.3) is 5.57 Å². The van der Waals surface area contributed by atoms with Crippen molar-refractivity contribution in [3.8, 4) is 0 Å². The molecule has 0 spiro atoms. The van der Waals surface area contributed by atoms with Gasteiger partial charge in [0.15, 0.2) is 0 Å². The molecular weight excluding hydrogens is 260 g/mol. The number of nitrogens with one attached hydrogen (secondary N) is 1. The van der Waals surface area contributed by atoms with Gasteiger partial charge in [-0.3, -0.25) is 4.79 Å². The molecule has 1 N–H and O–H groups in total. The fraction of sp³-hybridized carbons (Fsp3) is 0.400. The van der Waals surface area contributed by atoms with Crippen LogP contribution in [0.1, 0.15) is 32.3 Å². The molecule has 4 heteroatoms. The molecule has 1 amide bonds. The maximum absolute atomic E-state index is 12.0. The summed E-state index contributed by atoms with van der Waals surface area (Å²) in [5.74, 6) is -0.0468. The van der Waals surface area contributed by atoms with E-state index in [1.165, 1.54) is 0 Å². The van der Waals surface area contributed by atoms with Crippen molar-refractivity contribution in [2.45, 2.75) is 26.7 Å². The number of halogens is 1. The zero-order valence-corrected chi connectivity index (χ0v) is 12.1. The normalized spacial score (nSPS) is 15.5. The quantitative estimate of drug-likeness (QED) is 0.832. The molecule has 2 rings (SSSR count). The number of benzene rings is 1. The highest BCUT2D eigenvalue weighted by Gasteiger charge is 2.24. The van der Waals surface area contributed by atoms with Gasteiger partial charge in [0.2, 0.25) is 0 Å². The number of hydrogen-bond acceptors (Lipinski definition) is 2. The van der Waals surface area contributed by atoms with Crippen molar-refractivity contribution in [1.29, 1.82) is 0 Å². The number of fused-ring (bicyclic) bond motifs is 1. The van der Waals surface area contributed by atoms with Crippen LogP contribution in [0.2, 0.25) is 5.02 Å². The summed E-state index contributed by atoms with van der Waals surface area (Å²) < 4.78 is 0. The van der Waals surface area contributed by atoms with E-state index in [1.54, 1.807) is 6.07 Å². The van der Waals surface area contributed by atoms with Crippen LogP contribution in [0, 0.1) is 0 Å². The number of amides is 1. The van der Waals surface area contributed by atoms with Crippen molar-refractivity contribution in [2.75, 3.05) is 18.4 Å². The maximum atomic E-state index is 12.0. The second-order valence-electron chi connectivity index (χ2n) is 4.72. The Hall–Kier alpha value is -1.48. The summed E-state index contributed by atoms with van der Waals surface area (Å²) >= 11 is 6.02. The summed E-state index contributed by atoms with van der Waals surface area (Å²) in [6, 6.07) is 5.48. The molecule has 0 saturated heterocycles. The molecule has 0 radical (unpaired) electrons. The van der Waals surface area contributed by atoms with E-state index < -0.39 is 0 Å². The first-order valence-electron chi connectivity index (χ1n) is 6.72. The molecule has 3 nitrogen and oxygen atoms in total. The van der Waals surface area contributed by atoms with Gasteiger partial charge in [0.05, 0.1) is 5.57 Å². The zero-order chi connectivity index (χ0) is 13.8. The number of carbonyl (C=O) groups excluding carboxylic acids is 1. The largest absolute Gasteiger partial charge is 0.377 e. The molecule has 1 heterocycles. The molecule has 0 fully saturated rings. The van der Waals surface area contributed by atoms with Gasteiger partial charge in [-0.1, -0.05) is 25.4 Å². The van der Waals surface area contributed by atoms with Crippen molar-refractivity contribution in [3.63, 3.8) is 0 Å². The molecule has 0 unspecified atom stereocenters. The van der Waals surface area contributed by atoms with Gasteiger partial charge in [0.1, 0.15) is 0 Å². The molecule has 1 aliphatic rings. The van der Waals surface area contributed by atoms with Gasteiger partial charge < -0.3 is 10.2 Å². The molecule has 1 aromatic rings. The van der Waals surface area contributed by atoms with Gasteiger partial charge in [-0.05, 0) is 31.0 Å². The van der Waals surface area contributed by atoms with E-state index in [-0.39, 0.29) is 5.91 Å². The van der Waals surface area contributed by atoms with Gasteiger partial charge in [0.25, 0.3) is 5.91 Å². The number of nitrogens with zero attached hydrogens (tertiary/aromatic N) is 1. The summed E-state index contributed by atoms with van der Waals surface area (Å²) in [7, 11) is 0. The lowest BCUT2D eigenvalue weighted by molar-refractivity contribution is -0.110. The van der Waals surface area contributed by atoms with Gasteiger partial charge in [-0.15, -0.1) is 0 Å². The lowest BCUT2D eigenvalue weighted by Gasteiger charge is -2.19. The van der Waals surface area contributed by atoms with E-state index in [0.29, 0.717) is 10.6 Å². The average molecular weight is 279 g/mol. The van der Waals surface area contributed by atoms with E-state index in [2.05, 4.69) is 24.1 Å². The van der Waals surface area contributed by atoms with Gasteiger partial charge >= 0.3 is 0 Å². The summed E-state index contributed by atoms with van der Waals surface area (Å²) in [5.41, 5.74) is 2.45. The molecule has 102 valence electrons. The number of hydrogen-bond donors (Lipinski definition) is 1. The van der Waals surface area contributed by atoms with E-state index in [0.717, 1.165) is 37.2 Å². The topological polar surface area (TPSA) is 32.3 Å². The highest BCUT2D eigenvalue weighted by molar-refractivity contribution is 6.34. The predicted molar refractivity (Wildman–Crippen MR) is 80.2 cm³/mol. The lowest BCUT2D eigenvalue weighted by atomic mass is 10.1. The van der Waals surface area contributed by atoms with Gasteiger partial charge in [0, 0.05) is 35.6 Å². The maximum Gasteiger partial charge on any atom is 0.257 e. The molecule has 0 bridgehead atoms. The van der Waals surface area contributed by atoms with E-state index >= 15 is 0 Å². The van der Waals surface area contributed by atoms with Crippen molar-refractivity contribution in [3.05, 3.63) is 35.0 Å². The second-order valence-corrected chi connectivity index (χ2v) is 5.16. The van der Waals surface area contributed by atoms with Crippen LogP contribution in [-0.4, -0.2) is 23.9 Å². The van der Waals surface area contributed by atoms with E-state index in [9.17, 15) is 4.79 Å². The molecule has 19 heavy (non-hydrogen) atoms. The standard InChI is InChI=1S/C15H19ClN2O/c1-3-7-18(8-4-2)10-13-12-9-11(16)5-6-14(12)17-15(13)19/h5-6,9-10H,3-4,7-8H2,1-2H3,(H,17,19)/b13-10+. The molecule has 1 aliphatic heterocycles. The molecular formula is C15H19ClN2O. The van der Waals surface area contributed by atoms with E-state index in [1.807, 2.05) is 18.3 Å². The first-order chi connectivity index (χ1) is 9.15. The highest BCUT2D eigenvalue weighted by Crippen LogP contribution is 2.33. The fourth-order valence-corrected chi connectivity index (χ4v) is 2.46. The predicted octanol–water partition coefficient (Wildman–Crippen LogP) is 3.76. The Balaban J connectivity index is 2.33. The van der Waals surface area contributed by atoms with Crippen LogP contribution in [0.5, 0.6) is 0 Å². The Morgan fingerprint density at radius 3 is 2.58 bits per heavy atom. The number of carbonyl (C=O) groups is 1. The summed E-state index contributed by atoms with van der Waals surface area (Å²) in [4.78, 5) is 14.2. The smallest absolute Gasteiger partial charge is 0.257 e. The lowest BCUT2D eigenvalue weighted by Crippen LogP contribution is -2.20. The first kappa shape index (κ1) is 13.9. The van der Waals surface area contributed by atoms with Crippen LogP contribution in [-0.2, 0) is 4.79 Å². The minimum Gasteiger partial charge on any atom is -0.377 e. The third-order valence-electron chi connectivity index (χ3n) is 3.10. The van der Waals surface area contributed by atoms with Crippen molar-refractivity contribution < 1.29 is 4.79 Å². The Kier molecular flexibility index (Phi) is 4.48. The Morgan fingerprint density at radius 2 is 1.95 bits per heavy atom. The summed E-state index contributed by atoms with van der Waals surface area (Å²) in [6.07, 6.45) is 4.09. The van der Waals surface area contributed by atoms with Crippen molar-refractivity contribution in [1.82, 2.24) is 4.90 Å². The second kappa shape index (κ2) is 6.11. The van der Waals surface area contributed by atoms with Crippen LogP contribution in [0.4, 0.5) is 5.69 Å². The molecule has 0 aromatic heterocycles. The first-order valence-corrected chi connectivity index (χ1v) is 7.10. The minimum atomic E-state index is -0.0468. The molecule has 1 aromatic carbocycles. The molecule has 0 atom stereocenters. The van der Waals surface area contributed by atoms with Crippen molar-refractivity contribution in [2.24, 2.45) is 0 Å². The number of anilines is 1. The fourth-order valence-electron chi connectivity index (χ4n) is 2.29. The Bertz CT molecular complexity index is 505. The van der Waals surface area contributed by atoms with Gasteiger partial charge in [-0.25, -0.2) is 0 Å². The average Bonchev–Trinajstić information content (AvgIpc) is 2.67. The molecule has 0 aliphatic carbocycles. The Morgan fingerprint density at radius 1 is 1.26 bits per heavy atom. The third-order valence-corrected chi connectivity index (χ3v) is 3.33. The zero-order valence-electron chi connectivity index (χ0n) is 11.4. The Labute approximate surface area is 119 Å². The van der Waals surface area contributed by atoms with Crippen LogP contribution < -0.4 is 5.32 Å². The van der Waals surface area contributed by atoms with Gasteiger partial charge in [-0.2, -0.15) is 0 Å². The van der Waals surface area contributed by atoms with Crippen LogP contribution in [0.15, 0.2) is 24.4 Å². The molecule has 0 saturated carbocycles. The van der Waals surface area contributed by atoms with Crippen LogP contribution >= 0.6 is 11.6 Å². The minimum absolute atomic E-state index is 0.0468. The number of rotatable bonds is 5. The summed E-state index contributed by atoms with van der Waals surface area (Å²) in [6.45, 7) is 6.20. The van der Waals surface area contributed by atoms with Crippen LogP contribution in [0.3, 0.4) is 0 Å². The van der Waals surface area contributed by atoms with Crippen molar-refractivity contribution >= 4 is 28.8 Å². The van der Waals surface area contributed by atoms with E-state index in [4.69, 9.17) is 11.6 Å². The summed E-state index contributed by atoms with van der Waals surface area (Å²) in [5, 5.41) is 3.52. The third kappa shape index (κ3) is 3.10. The highest BCUT2D eigenvalue weighted by atomic mass is 35.5.